The maximum Gasteiger partial charge on any atom is 0.255 e. The third kappa shape index (κ3) is 3.49. The van der Waals surface area contributed by atoms with Gasteiger partial charge in [-0.15, -0.1) is 0 Å². The molecule has 20 heavy (non-hydrogen) atoms. The van der Waals surface area contributed by atoms with Crippen LogP contribution >= 0.6 is 0 Å². The normalized spacial score (nSPS) is 20.7. The second-order valence-electron chi connectivity index (χ2n) is 5.36. The largest absolute Gasteiger partial charge is 0.496 e. The van der Waals surface area contributed by atoms with E-state index in [9.17, 15) is 4.79 Å². The van der Waals surface area contributed by atoms with Crippen LogP contribution in [0.3, 0.4) is 0 Å². The van der Waals surface area contributed by atoms with E-state index in [1.54, 1.807) is 13.2 Å². The minimum absolute atomic E-state index is 0.121. The van der Waals surface area contributed by atoms with Crippen molar-refractivity contribution in [3.05, 3.63) is 29.3 Å². The van der Waals surface area contributed by atoms with Crippen molar-refractivity contribution in [1.29, 1.82) is 0 Å². The Balaban J connectivity index is 1.97. The van der Waals surface area contributed by atoms with Crippen molar-refractivity contribution < 1.29 is 19.0 Å². The molecule has 1 aliphatic heterocycles. The van der Waals surface area contributed by atoms with Crippen LogP contribution in [0.2, 0.25) is 0 Å². The van der Waals surface area contributed by atoms with Crippen LogP contribution < -0.4 is 10.1 Å². The lowest BCUT2D eigenvalue weighted by atomic mass is 10.1. The van der Waals surface area contributed by atoms with E-state index in [1.165, 1.54) is 0 Å². The van der Waals surface area contributed by atoms with Gasteiger partial charge in [0.2, 0.25) is 0 Å². The Morgan fingerprint density at radius 2 is 2.25 bits per heavy atom. The molecule has 1 saturated heterocycles. The molecule has 110 valence electrons. The molecule has 1 atom stereocenters. The van der Waals surface area contributed by atoms with E-state index in [0.717, 1.165) is 5.56 Å². The van der Waals surface area contributed by atoms with Gasteiger partial charge in [-0.25, -0.2) is 0 Å². The zero-order valence-electron chi connectivity index (χ0n) is 12.4. The molecule has 1 N–H and O–H groups in total. The molecule has 1 unspecified atom stereocenters. The quantitative estimate of drug-likeness (QED) is 0.914. The standard InChI is InChI=1S/C15H21NO4/c1-10-5-6-13(18-4)12(7-10)14(17)16-8-11-9-19-15(2,3)20-11/h5-7,11H,8-9H2,1-4H3,(H,16,17). The van der Waals surface area contributed by atoms with Gasteiger partial charge in [-0.2, -0.15) is 0 Å². The summed E-state index contributed by atoms with van der Waals surface area (Å²) in [6.07, 6.45) is -0.121. The first-order valence-corrected chi connectivity index (χ1v) is 6.66. The molecule has 1 aromatic carbocycles. The third-order valence-electron chi connectivity index (χ3n) is 3.16. The summed E-state index contributed by atoms with van der Waals surface area (Å²) >= 11 is 0. The van der Waals surface area contributed by atoms with Gasteiger partial charge in [-0.1, -0.05) is 11.6 Å². The Morgan fingerprint density at radius 1 is 1.50 bits per heavy atom. The van der Waals surface area contributed by atoms with Crippen LogP contribution in [0, 0.1) is 6.92 Å². The van der Waals surface area contributed by atoms with Crippen LogP contribution in [0.5, 0.6) is 5.75 Å². The smallest absolute Gasteiger partial charge is 0.255 e. The second kappa shape index (κ2) is 5.81. The lowest BCUT2D eigenvalue weighted by molar-refractivity contribution is -0.137. The van der Waals surface area contributed by atoms with Crippen molar-refractivity contribution in [2.75, 3.05) is 20.3 Å². The predicted octanol–water partition coefficient (Wildman–Crippen LogP) is 1.88. The molecule has 0 aromatic heterocycles. The summed E-state index contributed by atoms with van der Waals surface area (Å²) in [5, 5.41) is 2.86. The van der Waals surface area contributed by atoms with E-state index in [4.69, 9.17) is 14.2 Å². The highest BCUT2D eigenvalue weighted by Crippen LogP contribution is 2.22. The van der Waals surface area contributed by atoms with Gasteiger partial charge in [0.1, 0.15) is 11.9 Å². The molecule has 2 rings (SSSR count). The zero-order valence-corrected chi connectivity index (χ0v) is 12.4. The van der Waals surface area contributed by atoms with E-state index in [2.05, 4.69) is 5.32 Å². The van der Waals surface area contributed by atoms with E-state index in [-0.39, 0.29) is 12.0 Å². The number of benzene rings is 1. The van der Waals surface area contributed by atoms with Crippen LogP contribution in [-0.4, -0.2) is 38.1 Å². The molecule has 0 bridgehead atoms. The number of carbonyl (C=O) groups is 1. The second-order valence-corrected chi connectivity index (χ2v) is 5.36. The van der Waals surface area contributed by atoms with Crippen LogP contribution in [-0.2, 0) is 9.47 Å². The molecule has 1 aromatic rings. The Hall–Kier alpha value is -1.59. The summed E-state index contributed by atoms with van der Waals surface area (Å²) in [4.78, 5) is 12.2. The SMILES string of the molecule is COc1ccc(C)cc1C(=O)NCC1COC(C)(C)O1. The van der Waals surface area contributed by atoms with E-state index >= 15 is 0 Å². The highest BCUT2D eigenvalue weighted by molar-refractivity contribution is 5.97. The van der Waals surface area contributed by atoms with Crippen molar-refractivity contribution in [2.24, 2.45) is 0 Å². The average Bonchev–Trinajstić information content (AvgIpc) is 2.75. The molecule has 1 aliphatic rings. The first kappa shape index (κ1) is 14.8. The van der Waals surface area contributed by atoms with E-state index in [0.29, 0.717) is 24.5 Å². The van der Waals surface area contributed by atoms with Crippen LogP contribution in [0.25, 0.3) is 0 Å². The minimum atomic E-state index is -0.573. The third-order valence-corrected chi connectivity index (χ3v) is 3.16. The summed E-state index contributed by atoms with van der Waals surface area (Å²) in [5.74, 6) is -0.174. The minimum Gasteiger partial charge on any atom is -0.496 e. The summed E-state index contributed by atoms with van der Waals surface area (Å²) in [6, 6.07) is 5.51. The topological polar surface area (TPSA) is 56.8 Å². The van der Waals surface area contributed by atoms with Crippen LogP contribution in [0.4, 0.5) is 0 Å². The number of hydrogen-bond donors (Lipinski definition) is 1. The van der Waals surface area contributed by atoms with E-state index < -0.39 is 5.79 Å². The molecule has 1 fully saturated rings. The Bertz CT molecular complexity index is 499. The molecule has 0 spiro atoms. The molecule has 1 amide bonds. The average molecular weight is 279 g/mol. The maximum absolute atomic E-state index is 12.2. The highest BCUT2D eigenvalue weighted by atomic mass is 16.7. The molecule has 5 heteroatoms. The first-order valence-electron chi connectivity index (χ1n) is 6.66. The fourth-order valence-corrected chi connectivity index (χ4v) is 2.16. The van der Waals surface area contributed by atoms with Crippen molar-refractivity contribution in [3.63, 3.8) is 0 Å². The Labute approximate surface area is 119 Å². The Kier molecular flexibility index (Phi) is 4.30. The number of methoxy groups -OCH3 is 1. The molecule has 5 nitrogen and oxygen atoms in total. The lowest BCUT2D eigenvalue weighted by Crippen LogP contribution is -2.34. The number of hydrogen-bond acceptors (Lipinski definition) is 4. The van der Waals surface area contributed by atoms with E-state index in [1.807, 2.05) is 32.9 Å². The van der Waals surface area contributed by atoms with Gasteiger partial charge in [-0.3, -0.25) is 4.79 Å². The summed E-state index contributed by atoms with van der Waals surface area (Å²) in [7, 11) is 1.55. The van der Waals surface area contributed by atoms with Gasteiger partial charge < -0.3 is 19.5 Å². The van der Waals surface area contributed by atoms with Gasteiger partial charge in [0, 0.05) is 6.54 Å². The van der Waals surface area contributed by atoms with Crippen LogP contribution in [0.1, 0.15) is 29.8 Å². The maximum atomic E-state index is 12.2. The predicted molar refractivity (Wildman–Crippen MR) is 75.0 cm³/mol. The zero-order chi connectivity index (χ0) is 14.8. The molecule has 0 radical (unpaired) electrons. The number of carbonyl (C=O) groups excluding carboxylic acids is 1. The van der Waals surface area contributed by atoms with Crippen LogP contribution in [0.15, 0.2) is 18.2 Å². The number of ether oxygens (including phenoxy) is 3. The highest BCUT2D eigenvalue weighted by Gasteiger charge is 2.32. The molecule has 0 saturated carbocycles. The summed E-state index contributed by atoms with van der Waals surface area (Å²) in [6.45, 7) is 6.56. The lowest BCUT2D eigenvalue weighted by Gasteiger charge is -2.17. The molecular weight excluding hydrogens is 258 g/mol. The Morgan fingerprint density at radius 3 is 2.85 bits per heavy atom. The van der Waals surface area contributed by atoms with Crippen molar-refractivity contribution in [2.45, 2.75) is 32.7 Å². The number of rotatable bonds is 4. The van der Waals surface area contributed by atoms with Gasteiger partial charge in [0.05, 0.1) is 19.3 Å². The number of amides is 1. The molecule has 0 aliphatic carbocycles. The number of nitrogens with one attached hydrogen (secondary N) is 1. The monoisotopic (exact) mass is 279 g/mol. The van der Waals surface area contributed by atoms with Gasteiger partial charge in [0.15, 0.2) is 5.79 Å². The van der Waals surface area contributed by atoms with Crippen molar-refractivity contribution >= 4 is 5.91 Å². The van der Waals surface area contributed by atoms with Crippen molar-refractivity contribution in [3.8, 4) is 5.75 Å². The fourth-order valence-electron chi connectivity index (χ4n) is 2.16. The van der Waals surface area contributed by atoms with Gasteiger partial charge in [0.25, 0.3) is 5.91 Å². The molecule has 1 heterocycles. The summed E-state index contributed by atoms with van der Waals surface area (Å²) in [5.41, 5.74) is 1.54. The number of aryl methyl sites for hydroxylation is 1. The van der Waals surface area contributed by atoms with Gasteiger partial charge >= 0.3 is 0 Å². The van der Waals surface area contributed by atoms with Crippen molar-refractivity contribution in [1.82, 2.24) is 5.32 Å². The first-order chi connectivity index (χ1) is 9.41. The van der Waals surface area contributed by atoms with Gasteiger partial charge in [-0.05, 0) is 32.9 Å². The molecular formula is C15H21NO4. The summed E-state index contributed by atoms with van der Waals surface area (Å²) < 4.78 is 16.3. The fraction of sp³-hybridized carbons (Fsp3) is 0.533.